The number of unbranched alkanes of at least 4 members (excludes halogenated alkanes) is 3. The maximum Gasteiger partial charge on any atom is 0.405 e. The van der Waals surface area contributed by atoms with Gasteiger partial charge in [-0.05, 0) is 13.3 Å². The minimum atomic E-state index is -5.59. The van der Waals surface area contributed by atoms with E-state index >= 15 is 0 Å². The smallest absolute Gasteiger partial charge is 0.405 e. The lowest BCUT2D eigenvalue weighted by molar-refractivity contribution is -0.159. The zero-order valence-corrected chi connectivity index (χ0v) is 11.2. The summed E-state index contributed by atoms with van der Waals surface area (Å²) in [5, 5.41) is -4.49. The van der Waals surface area contributed by atoms with Gasteiger partial charge in [-0.1, -0.05) is 26.2 Å². The van der Waals surface area contributed by atoms with E-state index < -0.39 is 27.4 Å². The number of esters is 1. The highest BCUT2D eigenvalue weighted by atomic mass is 32.2. The van der Waals surface area contributed by atoms with Crippen LogP contribution in [0.3, 0.4) is 0 Å². The fraction of sp³-hybridized carbons (Fsp3) is 0.900. The van der Waals surface area contributed by atoms with Gasteiger partial charge < -0.3 is 4.74 Å². The maximum atomic E-state index is 13.0. The average Bonchev–Trinajstić information content (AvgIpc) is 2.22. The summed E-state index contributed by atoms with van der Waals surface area (Å²) in [6.45, 7) is 2.70. The molecule has 0 radical (unpaired) electrons. The van der Waals surface area contributed by atoms with Crippen LogP contribution in [0.25, 0.3) is 0 Å². The van der Waals surface area contributed by atoms with Crippen molar-refractivity contribution in [2.75, 3.05) is 0 Å². The molecule has 0 spiro atoms. The molecule has 8 heteroatoms. The third kappa shape index (κ3) is 5.26. The number of carbonyl (C=O) groups is 1. The van der Waals surface area contributed by atoms with Crippen molar-refractivity contribution in [2.45, 2.75) is 57.3 Å². The fourth-order valence-electron chi connectivity index (χ4n) is 1.23. The average molecular weight is 288 g/mol. The molecule has 0 aliphatic heterocycles. The molecule has 0 saturated heterocycles. The van der Waals surface area contributed by atoms with E-state index in [1.165, 1.54) is 0 Å². The molecule has 0 aromatic rings. The van der Waals surface area contributed by atoms with E-state index in [2.05, 4.69) is 4.74 Å². The fourth-order valence-corrected chi connectivity index (χ4v) is 1.70. The molecule has 0 rings (SSSR count). The van der Waals surface area contributed by atoms with Crippen LogP contribution in [0.4, 0.5) is 8.78 Å². The normalized spacial score (nSPS) is 14.3. The molecule has 1 unspecified atom stereocenters. The molecule has 0 aliphatic carbocycles. The van der Waals surface area contributed by atoms with Crippen LogP contribution in [0.2, 0.25) is 0 Å². The van der Waals surface area contributed by atoms with E-state index in [0.717, 1.165) is 26.2 Å². The number of hydrogen-bond acceptors (Lipinski definition) is 4. The standard InChI is InChI=1S/C10H18F2O5S/c1-3-4-5-6-7-9(13)17-8(2)10(11,12)18(14,15)16/h8H,3-7H2,1-2H3,(H,14,15,16). The van der Waals surface area contributed by atoms with E-state index in [-0.39, 0.29) is 6.42 Å². The third-order valence-electron chi connectivity index (χ3n) is 2.36. The Labute approximate surface area is 105 Å². The number of carbonyl (C=O) groups excluding carboxylic acids is 1. The van der Waals surface area contributed by atoms with Gasteiger partial charge in [-0.2, -0.15) is 17.2 Å². The monoisotopic (exact) mass is 288 g/mol. The zero-order chi connectivity index (χ0) is 14.4. The zero-order valence-electron chi connectivity index (χ0n) is 10.4. The Morgan fingerprint density at radius 2 is 1.89 bits per heavy atom. The molecule has 18 heavy (non-hydrogen) atoms. The summed E-state index contributed by atoms with van der Waals surface area (Å²) in [5.74, 6) is -0.901. The van der Waals surface area contributed by atoms with Gasteiger partial charge in [0.15, 0.2) is 6.10 Å². The summed E-state index contributed by atoms with van der Waals surface area (Å²) in [4.78, 5) is 11.2. The van der Waals surface area contributed by atoms with Gasteiger partial charge in [0, 0.05) is 6.42 Å². The Morgan fingerprint density at radius 3 is 2.33 bits per heavy atom. The van der Waals surface area contributed by atoms with Gasteiger partial charge in [0.2, 0.25) is 0 Å². The Hall–Kier alpha value is -0.760. The van der Waals surface area contributed by atoms with Crippen LogP contribution >= 0.6 is 0 Å². The number of rotatable bonds is 8. The number of ether oxygens (including phenoxy) is 1. The van der Waals surface area contributed by atoms with Crippen LogP contribution in [0.5, 0.6) is 0 Å². The molecule has 0 aromatic carbocycles. The first-order valence-corrected chi connectivity index (χ1v) is 7.11. The van der Waals surface area contributed by atoms with Gasteiger partial charge >= 0.3 is 21.3 Å². The highest BCUT2D eigenvalue weighted by Gasteiger charge is 2.51. The minimum absolute atomic E-state index is 0.0497. The van der Waals surface area contributed by atoms with Crippen molar-refractivity contribution in [3.05, 3.63) is 0 Å². The molecule has 0 amide bonds. The second-order valence-corrected chi connectivity index (χ2v) is 5.47. The Kier molecular flexibility index (Phi) is 6.69. The number of halogens is 2. The van der Waals surface area contributed by atoms with Crippen LogP contribution < -0.4 is 0 Å². The summed E-state index contributed by atoms with van der Waals surface area (Å²) >= 11 is 0. The van der Waals surface area contributed by atoms with Crippen LogP contribution in [-0.4, -0.2) is 30.3 Å². The Balaban J connectivity index is 4.24. The molecule has 1 N–H and O–H groups in total. The first kappa shape index (κ1) is 17.2. The lowest BCUT2D eigenvalue weighted by Gasteiger charge is -2.20. The van der Waals surface area contributed by atoms with E-state index in [0.29, 0.717) is 6.42 Å². The van der Waals surface area contributed by atoms with Gasteiger partial charge in [0.25, 0.3) is 0 Å². The van der Waals surface area contributed by atoms with E-state index in [1.54, 1.807) is 0 Å². The molecule has 0 aliphatic rings. The predicted octanol–water partition coefficient (Wildman–Crippen LogP) is 2.37. The molecule has 0 saturated carbocycles. The molecule has 0 heterocycles. The lowest BCUT2D eigenvalue weighted by Crippen LogP contribution is -2.41. The number of hydrogen-bond donors (Lipinski definition) is 1. The van der Waals surface area contributed by atoms with Gasteiger partial charge in [0.1, 0.15) is 0 Å². The summed E-state index contributed by atoms with van der Waals surface area (Å²) in [6.07, 6.45) is 0.888. The lowest BCUT2D eigenvalue weighted by atomic mass is 10.1. The van der Waals surface area contributed by atoms with Gasteiger partial charge in [-0.15, -0.1) is 0 Å². The van der Waals surface area contributed by atoms with E-state index in [1.807, 2.05) is 6.92 Å². The summed E-state index contributed by atoms with van der Waals surface area (Å²) in [7, 11) is -5.59. The molecular formula is C10H18F2O5S. The summed E-state index contributed by atoms with van der Waals surface area (Å²) < 4.78 is 59.4. The van der Waals surface area contributed by atoms with Crippen molar-refractivity contribution in [1.82, 2.24) is 0 Å². The molecule has 0 bridgehead atoms. The van der Waals surface area contributed by atoms with Crippen molar-refractivity contribution in [1.29, 1.82) is 0 Å². The van der Waals surface area contributed by atoms with E-state index in [4.69, 9.17) is 4.55 Å². The largest absolute Gasteiger partial charge is 0.455 e. The van der Waals surface area contributed by atoms with Gasteiger partial charge in [-0.3, -0.25) is 9.35 Å². The van der Waals surface area contributed by atoms with Crippen molar-refractivity contribution >= 4 is 16.1 Å². The summed E-state index contributed by atoms with van der Waals surface area (Å²) in [5.41, 5.74) is 0. The second kappa shape index (κ2) is 6.98. The van der Waals surface area contributed by atoms with Crippen molar-refractivity contribution < 1.29 is 31.3 Å². The SMILES string of the molecule is CCCCCCC(=O)OC(C)C(F)(F)S(=O)(=O)O. The Morgan fingerprint density at radius 1 is 1.33 bits per heavy atom. The third-order valence-corrected chi connectivity index (χ3v) is 3.38. The van der Waals surface area contributed by atoms with Crippen LogP contribution in [0.1, 0.15) is 46.0 Å². The van der Waals surface area contributed by atoms with Crippen molar-refractivity contribution in [2.24, 2.45) is 0 Å². The molecule has 108 valence electrons. The van der Waals surface area contributed by atoms with Crippen LogP contribution in [0, 0.1) is 0 Å². The van der Waals surface area contributed by atoms with Gasteiger partial charge in [0.05, 0.1) is 0 Å². The highest BCUT2D eigenvalue weighted by Crippen LogP contribution is 2.27. The highest BCUT2D eigenvalue weighted by molar-refractivity contribution is 7.86. The molecule has 0 fully saturated rings. The number of alkyl halides is 2. The minimum Gasteiger partial charge on any atom is -0.455 e. The topological polar surface area (TPSA) is 80.7 Å². The molecule has 0 aromatic heterocycles. The first-order chi connectivity index (χ1) is 8.13. The Bertz CT molecular complexity index is 366. The van der Waals surface area contributed by atoms with Crippen LogP contribution in [-0.2, 0) is 19.6 Å². The van der Waals surface area contributed by atoms with Crippen molar-refractivity contribution in [3.8, 4) is 0 Å². The quantitative estimate of drug-likeness (QED) is 0.421. The predicted molar refractivity (Wildman–Crippen MR) is 60.8 cm³/mol. The molecule has 5 nitrogen and oxygen atoms in total. The van der Waals surface area contributed by atoms with Crippen LogP contribution in [0.15, 0.2) is 0 Å². The second-order valence-electron chi connectivity index (χ2n) is 3.98. The maximum absolute atomic E-state index is 13.0. The van der Waals surface area contributed by atoms with Gasteiger partial charge in [-0.25, -0.2) is 0 Å². The molecular weight excluding hydrogens is 270 g/mol. The first-order valence-electron chi connectivity index (χ1n) is 5.67. The summed E-state index contributed by atoms with van der Waals surface area (Å²) in [6, 6.07) is 0. The van der Waals surface area contributed by atoms with Crippen molar-refractivity contribution in [3.63, 3.8) is 0 Å². The molecule has 1 atom stereocenters. The van der Waals surface area contributed by atoms with E-state index in [9.17, 15) is 22.0 Å².